The van der Waals surface area contributed by atoms with Crippen LogP contribution in [0, 0.1) is 11.3 Å². The molecule has 0 aliphatic heterocycles. The van der Waals surface area contributed by atoms with Gasteiger partial charge in [-0.3, -0.25) is 4.79 Å². The average Bonchev–Trinajstić information content (AvgIpc) is 2.79. The summed E-state index contributed by atoms with van der Waals surface area (Å²) in [6, 6.07) is 7.30. The molecular weight excluding hydrogens is 444 g/mol. The molecule has 196 valence electrons. The molecule has 2 saturated carbocycles. The van der Waals surface area contributed by atoms with E-state index in [1.807, 2.05) is 40.1 Å². The summed E-state index contributed by atoms with van der Waals surface area (Å²) in [4.78, 5) is 27.2. The zero-order valence-electron chi connectivity index (χ0n) is 22.0. The number of nitrogens with zero attached hydrogens (tertiary/aromatic N) is 1. The van der Waals surface area contributed by atoms with Crippen LogP contribution in [0.25, 0.3) is 0 Å². The lowest BCUT2D eigenvalue weighted by Crippen LogP contribution is -2.43. The molecule has 0 saturated heterocycles. The van der Waals surface area contributed by atoms with Gasteiger partial charge in [0, 0.05) is 19.0 Å². The van der Waals surface area contributed by atoms with Crippen LogP contribution in [0.4, 0.5) is 4.79 Å². The number of aliphatic hydroxyl groups is 1. The molecule has 0 bridgehead atoms. The second-order valence-corrected chi connectivity index (χ2v) is 11.2. The Morgan fingerprint density at radius 2 is 1.83 bits per heavy atom. The maximum atomic E-state index is 12.7. The number of ether oxygens (including phenoxy) is 2. The van der Waals surface area contributed by atoms with Crippen LogP contribution in [-0.2, 0) is 15.1 Å². The SMILES string of the molecule is CC(C)OC(=O)CC1(CNC(=O)Oc2cccc([C@]3(O)CCCC[C@@H]3CN(C)C)c2)CCCCC1. The lowest BCUT2D eigenvalue weighted by atomic mass is 9.71. The highest BCUT2D eigenvalue weighted by Crippen LogP contribution is 2.43. The number of carbonyl (C=O) groups is 2. The average molecular weight is 489 g/mol. The Kier molecular flexibility index (Phi) is 9.59. The van der Waals surface area contributed by atoms with Gasteiger partial charge >= 0.3 is 12.1 Å². The van der Waals surface area contributed by atoms with E-state index in [1.165, 1.54) is 0 Å². The molecule has 0 radical (unpaired) electrons. The molecule has 2 atom stereocenters. The van der Waals surface area contributed by atoms with E-state index in [2.05, 4.69) is 10.2 Å². The Hall–Kier alpha value is -2.12. The van der Waals surface area contributed by atoms with E-state index in [9.17, 15) is 14.7 Å². The van der Waals surface area contributed by atoms with Crippen molar-refractivity contribution in [2.24, 2.45) is 11.3 Å². The first-order valence-electron chi connectivity index (χ1n) is 13.2. The third-order valence-electron chi connectivity index (χ3n) is 7.57. The Morgan fingerprint density at radius 3 is 2.51 bits per heavy atom. The predicted molar refractivity (Wildman–Crippen MR) is 136 cm³/mol. The number of benzene rings is 1. The Bertz CT molecular complexity index is 850. The summed E-state index contributed by atoms with van der Waals surface area (Å²) in [5, 5.41) is 14.5. The van der Waals surface area contributed by atoms with Gasteiger partial charge in [0.25, 0.3) is 0 Å². The molecule has 7 nitrogen and oxygen atoms in total. The van der Waals surface area contributed by atoms with Crippen LogP contribution >= 0.6 is 0 Å². The number of amides is 1. The molecule has 1 amide bonds. The number of esters is 1. The van der Waals surface area contributed by atoms with Gasteiger partial charge in [0.2, 0.25) is 0 Å². The fourth-order valence-electron chi connectivity index (χ4n) is 5.85. The minimum atomic E-state index is -0.929. The van der Waals surface area contributed by atoms with E-state index < -0.39 is 11.7 Å². The monoisotopic (exact) mass is 488 g/mol. The van der Waals surface area contributed by atoms with Crippen LogP contribution in [0.3, 0.4) is 0 Å². The van der Waals surface area contributed by atoms with Gasteiger partial charge in [0.05, 0.1) is 18.1 Å². The van der Waals surface area contributed by atoms with Crippen LogP contribution in [-0.4, -0.2) is 55.4 Å². The molecule has 2 aliphatic rings. The lowest BCUT2D eigenvalue weighted by molar-refractivity contribution is -0.150. The summed E-state index contributed by atoms with van der Waals surface area (Å²) in [6.07, 6.45) is 8.40. The molecule has 35 heavy (non-hydrogen) atoms. The molecule has 7 heteroatoms. The molecule has 0 unspecified atom stereocenters. The molecule has 0 aromatic heterocycles. The highest BCUT2D eigenvalue weighted by atomic mass is 16.6. The van der Waals surface area contributed by atoms with Crippen molar-refractivity contribution in [3.8, 4) is 5.75 Å². The second kappa shape index (κ2) is 12.2. The third-order valence-corrected chi connectivity index (χ3v) is 7.57. The topological polar surface area (TPSA) is 88.1 Å². The summed E-state index contributed by atoms with van der Waals surface area (Å²) in [7, 11) is 4.06. The van der Waals surface area contributed by atoms with Gasteiger partial charge in [-0.25, -0.2) is 4.79 Å². The van der Waals surface area contributed by atoms with Gasteiger partial charge in [0.15, 0.2) is 0 Å². The standard InChI is InChI=1S/C28H44N2O5/c1-21(2)34-25(31)18-27(14-7-5-8-15-27)20-29-26(32)35-24-13-10-12-22(17-24)28(33)16-9-6-11-23(28)19-30(3)4/h10,12-13,17,21,23,33H,5-9,11,14-16,18-20H2,1-4H3,(H,29,32)/t23-,28-/m1/s1. The Labute approximate surface area is 210 Å². The smallest absolute Gasteiger partial charge is 0.412 e. The quantitative estimate of drug-likeness (QED) is 0.475. The minimum Gasteiger partial charge on any atom is -0.463 e. The van der Waals surface area contributed by atoms with Crippen LogP contribution < -0.4 is 10.1 Å². The van der Waals surface area contributed by atoms with E-state index in [4.69, 9.17) is 9.47 Å². The first-order valence-corrected chi connectivity index (χ1v) is 13.2. The van der Waals surface area contributed by atoms with Crippen molar-refractivity contribution in [2.75, 3.05) is 27.2 Å². The molecule has 2 fully saturated rings. The summed E-state index contributed by atoms with van der Waals surface area (Å²) in [6.45, 7) is 4.89. The van der Waals surface area contributed by atoms with Gasteiger partial charge in [-0.1, -0.05) is 44.2 Å². The largest absolute Gasteiger partial charge is 0.463 e. The molecule has 2 aliphatic carbocycles. The molecule has 1 aromatic carbocycles. The molecule has 0 heterocycles. The van der Waals surface area contributed by atoms with Crippen molar-refractivity contribution in [2.45, 2.75) is 89.8 Å². The van der Waals surface area contributed by atoms with E-state index in [0.717, 1.165) is 63.5 Å². The number of hydrogen-bond acceptors (Lipinski definition) is 6. The normalized spacial score (nSPS) is 24.3. The Morgan fingerprint density at radius 1 is 1.11 bits per heavy atom. The molecular formula is C28H44N2O5. The van der Waals surface area contributed by atoms with E-state index in [0.29, 0.717) is 25.1 Å². The lowest BCUT2D eigenvalue weighted by Gasteiger charge is -2.41. The van der Waals surface area contributed by atoms with Crippen LogP contribution in [0.5, 0.6) is 5.75 Å². The van der Waals surface area contributed by atoms with Crippen molar-refractivity contribution in [3.63, 3.8) is 0 Å². The van der Waals surface area contributed by atoms with Gasteiger partial charge in [0.1, 0.15) is 5.75 Å². The Balaban J connectivity index is 1.64. The highest BCUT2D eigenvalue weighted by Gasteiger charge is 2.41. The van der Waals surface area contributed by atoms with Gasteiger partial charge < -0.3 is 24.8 Å². The number of nitrogens with one attached hydrogen (secondary N) is 1. The van der Waals surface area contributed by atoms with Crippen molar-refractivity contribution in [1.82, 2.24) is 10.2 Å². The summed E-state index contributed by atoms with van der Waals surface area (Å²) in [5.41, 5.74) is -0.419. The molecule has 0 spiro atoms. The van der Waals surface area contributed by atoms with Crippen LogP contribution in [0.15, 0.2) is 24.3 Å². The number of hydrogen-bond donors (Lipinski definition) is 2. The van der Waals surface area contributed by atoms with E-state index in [1.54, 1.807) is 12.1 Å². The summed E-state index contributed by atoms with van der Waals surface area (Å²) in [5.74, 6) is 0.337. The maximum absolute atomic E-state index is 12.7. The van der Waals surface area contributed by atoms with Gasteiger partial charge in [-0.2, -0.15) is 0 Å². The van der Waals surface area contributed by atoms with Crippen LogP contribution in [0.1, 0.15) is 83.6 Å². The number of carbonyl (C=O) groups excluding carboxylic acids is 2. The fraction of sp³-hybridized carbons (Fsp3) is 0.714. The van der Waals surface area contributed by atoms with E-state index in [-0.39, 0.29) is 23.4 Å². The minimum absolute atomic E-state index is 0.132. The first-order chi connectivity index (χ1) is 16.6. The zero-order valence-corrected chi connectivity index (χ0v) is 22.0. The molecule has 3 rings (SSSR count). The van der Waals surface area contributed by atoms with Crippen molar-refractivity contribution in [1.29, 1.82) is 0 Å². The van der Waals surface area contributed by atoms with Gasteiger partial charge in [-0.15, -0.1) is 0 Å². The highest BCUT2D eigenvalue weighted by molar-refractivity contribution is 5.72. The predicted octanol–water partition coefficient (Wildman–Crippen LogP) is 5.01. The van der Waals surface area contributed by atoms with E-state index >= 15 is 0 Å². The second-order valence-electron chi connectivity index (χ2n) is 11.2. The maximum Gasteiger partial charge on any atom is 0.412 e. The van der Waals surface area contributed by atoms with Gasteiger partial charge in [-0.05, 0) is 76.7 Å². The first kappa shape index (κ1) is 27.5. The zero-order chi connectivity index (χ0) is 25.5. The number of rotatable bonds is 9. The summed E-state index contributed by atoms with van der Waals surface area (Å²) < 4.78 is 11.0. The van der Waals surface area contributed by atoms with Crippen molar-refractivity contribution >= 4 is 12.1 Å². The van der Waals surface area contributed by atoms with Crippen LogP contribution in [0.2, 0.25) is 0 Å². The van der Waals surface area contributed by atoms with Crippen molar-refractivity contribution in [3.05, 3.63) is 29.8 Å². The fourth-order valence-corrected chi connectivity index (χ4v) is 5.85. The van der Waals surface area contributed by atoms with Crippen molar-refractivity contribution < 1.29 is 24.2 Å². The molecule has 2 N–H and O–H groups in total. The summed E-state index contributed by atoms with van der Waals surface area (Å²) >= 11 is 0. The molecule has 1 aromatic rings. The third kappa shape index (κ3) is 7.68.